The van der Waals surface area contributed by atoms with Crippen molar-refractivity contribution in [2.24, 2.45) is 0 Å². The fourth-order valence-corrected chi connectivity index (χ4v) is 5.48. The zero-order valence-corrected chi connectivity index (χ0v) is 22.4. The number of aromatic amines is 1. The highest BCUT2D eigenvalue weighted by Gasteiger charge is 2.14. The number of hydrogen-bond acceptors (Lipinski definition) is 5. The van der Waals surface area contributed by atoms with Crippen LogP contribution in [0.1, 0.15) is 33.0 Å². The molecule has 2 heterocycles. The summed E-state index contributed by atoms with van der Waals surface area (Å²) in [5.41, 5.74) is 5.65. The summed E-state index contributed by atoms with van der Waals surface area (Å²) in [6.45, 7) is 4.18. The van der Waals surface area contributed by atoms with Crippen molar-refractivity contribution in [1.82, 2.24) is 20.1 Å². The van der Waals surface area contributed by atoms with E-state index >= 15 is 0 Å². The van der Waals surface area contributed by atoms with E-state index in [1.165, 1.54) is 0 Å². The van der Waals surface area contributed by atoms with Gasteiger partial charge in [-0.3, -0.25) is 4.79 Å². The van der Waals surface area contributed by atoms with Gasteiger partial charge in [-0.25, -0.2) is 13.1 Å². The number of aromatic nitrogens is 3. The third-order valence-corrected chi connectivity index (χ3v) is 7.96. The molecule has 8 nitrogen and oxygen atoms in total. The molecule has 0 unspecified atom stereocenters. The number of nitrogens with zero attached hydrogens (tertiary/aromatic N) is 2. The van der Waals surface area contributed by atoms with Gasteiger partial charge in [-0.05, 0) is 79.6 Å². The van der Waals surface area contributed by atoms with Crippen LogP contribution in [0.15, 0.2) is 89.8 Å². The number of carbonyl (C=O) groups excluding carboxylic acids is 1. The SMILES string of the molecule is Cc1cc(C)n(-c2cccc(C=CCS(=O)(=O)c3ccc(CNC(=O)c4cc5cc(O)ccc5[nH]4)cc3)c2)n1. The molecule has 0 aliphatic rings. The van der Waals surface area contributed by atoms with Crippen molar-refractivity contribution in [3.05, 3.63) is 113 Å². The number of amides is 1. The minimum Gasteiger partial charge on any atom is -0.508 e. The van der Waals surface area contributed by atoms with Gasteiger partial charge in [0.15, 0.2) is 9.84 Å². The summed E-state index contributed by atoms with van der Waals surface area (Å²) in [6.07, 6.45) is 3.44. The van der Waals surface area contributed by atoms with E-state index in [0.29, 0.717) is 5.69 Å². The third kappa shape index (κ3) is 5.94. The first-order valence-corrected chi connectivity index (χ1v) is 14.0. The average Bonchev–Trinajstić information content (AvgIpc) is 3.49. The molecule has 0 saturated carbocycles. The molecule has 3 N–H and O–H groups in total. The Kier molecular flexibility index (Phi) is 7.08. The third-order valence-electron chi connectivity index (χ3n) is 6.33. The number of benzene rings is 3. The molecule has 5 aromatic rings. The Labute approximate surface area is 226 Å². The summed E-state index contributed by atoms with van der Waals surface area (Å²) < 4.78 is 27.6. The van der Waals surface area contributed by atoms with Crippen molar-refractivity contribution in [1.29, 1.82) is 0 Å². The van der Waals surface area contributed by atoms with Crippen LogP contribution in [0, 0.1) is 13.8 Å². The zero-order valence-electron chi connectivity index (χ0n) is 21.5. The van der Waals surface area contributed by atoms with Crippen molar-refractivity contribution < 1.29 is 18.3 Å². The van der Waals surface area contributed by atoms with E-state index in [0.717, 1.165) is 39.1 Å². The van der Waals surface area contributed by atoms with Crippen LogP contribution in [-0.2, 0) is 16.4 Å². The predicted molar refractivity (Wildman–Crippen MR) is 152 cm³/mol. The molecular weight excluding hydrogens is 512 g/mol. The Hall–Kier alpha value is -4.63. The number of fused-ring (bicyclic) bond motifs is 1. The first kappa shape index (κ1) is 26.0. The van der Waals surface area contributed by atoms with Gasteiger partial charge in [0.2, 0.25) is 0 Å². The molecule has 0 spiro atoms. The van der Waals surface area contributed by atoms with Crippen LogP contribution in [0.3, 0.4) is 0 Å². The Morgan fingerprint density at radius 1 is 1.03 bits per heavy atom. The van der Waals surface area contributed by atoms with Crippen molar-refractivity contribution >= 4 is 32.7 Å². The predicted octanol–water partition coefficient (Wildman–Crippen LogP) is 5.09. The lowest BCUT2D eigenvalue weighted by Crippen LogP contribution is -2.23. The van der Waals surface area contributed by atoms with Gasteiger partial charge < -0.3 is 15.4 Å². The van der Waals surface area contributed by atoms with E-state index in [2.05, 4.69) is 15.4 Å². The van der Waals surface area contributed by atoms with Crippen LogP contribution in [0.2, 0.25) is 0 Å². The maximum absolute atomic E-state index is 12.9. The van der Waals surface area contributed by atoms with E-state index in [4.69, 9.17) is 0 Å². The van der Waals surface area contributed by atoms with Gasteiger partial charge in [-0.1, -0.05) is 36.4 Å². The summed E-state index contributed by atoms with van der Waals surface area (Å²) in [5.74, 6) is -0.304. The number of nitrogens with one attached hydrogen (secondary N) is 2. The Balaban J connectivity index is 1.19. The highest BCUT2D eigenvalue weighted by atomic mass is 32.2. The van der Waals surface area contributed by atoms with Crippen molar-refractivity contribution in [3.8, 4) is 11.4 Å². The Morgan fingerprint density at radius 2 is 1.82 bits per heavy atom. The van der Waals surface area contributed by atoms with Crippen LogP contribution >= 0.6 is 0 Å². The van der Waals surface area contributed by atoms with Crippen molar-refractivity contribution in [3.63, 3.8) is 0 Å². The summed E-state index contributed by atoms with van der Waals surface area (Å²) in [6, 6.07) is 22.8. The Morgan fingerprint density at radius 3 is 2.56 bits per heavy atom. The van der Waals surface area contributed by atoms with E-state index in [1.54, 1.807) is 60.7 Å². The summed E-state index contributed by atoms with van der Waals surface area (Å²) in [7, 11) is -3.52. The lowest BCUT2D eigenvalue weighted by Gasteiger charge is -2.07. The molecule has 9 heteroatoms. The van der Waals surface area contributed by atoms with Crippen LogP contribution in [0.4, 0.5) is 0 Å². The van der Waals surface area contributed by atoms with Crippen LogP contribution in [0.25, 0.3) is 22.7 Å². The summed E-state index contributed by atoms with van der Waals surface area (Å²) >= 11 is 0. The van der Waals surface area contributed by atoms with Gasteiger partial charge in [0.25, 0.3) is 5.91 Å². The number of phenolic OH excluding ortho intramolecular Hbond substituents is 1. The Bertz CT molecular complexity index is 1800. The number of rotatable bonds is 8. The van der Waals surface area contributed by atoms with Gasteiger partial charge in [-0.15, -0.1) is 0 Å². The second-order valence-electron chi connectivity index (χ2n) is 9.40. The molecule has 0 bridgehead atoms. The number of aromatic hydroxyl groups is 1. The molecule has 0 saturated heterocycles. The molecule has 0 aliphatic heterocycles. The molecule has 2 aromatic heterocycles. The molecule has 1 amide bonds. The fraction of sp³-hybridized carbons (Fsp3) is 0.133. The fourth-order valence-electron chi connectivity index (χ4n) is 4.39. The first-order chi connectivity index (χ1) is 18.7. The molecule has 3 aromatic carbocycles. The minimum absolute atomic E-state index is 0.128. The first-order valence-electron chi connectivity index (χ1n) is 12.4. The van der Waals surface area contributed by atoms with E-state index in [9.17, 15) is 18.3 Å². The maximum atomic E-state index is 12.9. The highest BCUT2D eigenvalue weighted by molar-refractivity contribution is 7.91. The second-order valence-corrected chi connectivity index (χ2v) is 11.4. The molecule has 5 rings (SSSR count). The van der Waals surface area contributed by atoms with E-state index < -0.39 is 9.84 Å². The van der Waals surface area contributed by atoms with Crippen LogP contribution in [0.5, 0.6) is 5.75 Å². The number of hydrogen-bond donors (Lipinski definition) is 3. The molecule has 0 atom stereocenters. The molecule has 39 heavy (non-hydrogen) atoms. The number of sulfone groups is 1. The quantitative estimate of drug-likeness (QED) is 0.253. The van der Waals surface area contributed by atoms with Crippen molar-refractivity contribution in [2.45, 2.75) is 25.3 Å². The normalized spacial score (nSPS) is 11.8. The molecule has 0 fully saturated rings. The largest absolute Gasteiger partial charge is 0.508 e. The second kappa shape index (κ2) is 10.6. The number of aryl methyl sites for hydroxylation is 2. The van der Waals surface area contributed by atoms with Gasteiger partial charge in [0, 0.05) is 23.1 Å². The average molecular weight is 541 g/mol. The van der Waals surface area contributed by atoms with Gasteiger partial charge in [0.05, 0.1) is 22.0 Å². The van der Waals surface area contributed by atoms with E-state index in [1.807, 2.05) is 48.9 Å². The van der Waals surface area contributed by atoms with Crippen LogP contribution in [-0.4, -0.2) is 39.9 Å². The van der Waals surface area contributed by atoms with Crippen LogP contribution < -0.4 is 5.32 Å². The number of H-pyrrole nitrogens is 1. The lowest BCUT2D eigenvalue weighted by molar-refractivity contribution is 0.0946. The van der Waals surface area contributed by atoms with Gasteiger partial charge >= 0.3 is 0 Å². The smallest absolute Gasteiger partial charge is 0.267 e. The lowest BCUT2D eigenvalue weighted by atomic mass is 10.2. The van der Waals surface area contributed by atoms with E-state index in [-0.39, 0.29) is 28.8 Å². The summed E-state index contributed by atoms with van der Waals surface area (Å²) in [4.78, 5) is 15.8. The van der Waals surface area contributed by atoms with Gasteiger partial charge in [-0.2, -0.15) is 5.10 Å². The monoisotopic (exact) mass is 540 g/mol. The molecule has 0 radical (unpaired) electrons. The molecule has 0 aliphatic carbocycles. The highest BCUT2D eigenvalue weighted by Crippen LogP contribution is 2.21. The number of phenols is 1. The molecule has 198 valence electrons. The van der Waals surface area contributed by atoms with Gasteiger partial charge in [0.1, 0.15) is 11.4 Å². The summed E-state index contributed by atoms with van der Waals surface area (Å²) in [5, 5.41) is 17.7. The number of carbonyl (C=O) groups is 1. The minimum atomic E-state index is -3.52. The van der Waals surface area contributed by atoms with Crippen molar-refractivity contribution in [2.75, 3.05) is 5.75 Å². The maximum Gasteiger partial charge on any atom is 0.267 e. The zero-order chi connectivity index (χ0) is 27.6. The topological polar surface area (TPSA) is 117 Å². The standard InChI is InChI=1S/C30H28N4O4S/c1-20-15-21(2)34(33-20)25-7-3-5-22(16-25)6-4-14-39(37,38)27-11-8-23(9-12-27)19-31-30(36)29-18-24-17-26(35)10-13-28(24)32-29/h3-13,15-18,32,35H,14,19H2,1-2H3,(H,31,36). The molecular formula is C30H28N4O4S.